The molecule has 0 spiro atoms. The number of aryl methyl sites for hydroxylation is 1. The van der Waals surface area contributed by atoms with Crippen molar-refractivity contribution in [1.82, 2.24) is 30.0 Å². The predicted octanol–water partition coefficient (Wildman–Crippen LogP) is 3.95. The first-order valence-corrected chi connectivity index (χ1v) is 13.9. The Morgan fingerprint density at radius 1 is 1.13 bits per heavy atom. The van der Waals surface area contributed by atoms with Gasteiger partial charge in [-0.1, -0.05) is 12.5 Å². The normalized spacial score (nSPS) is 24.3. The summed E-state index contributed by atoms with van der Waals surface area (Å²) in [5, 5.41) is 24.6. The molecular weight excluding hydrogens is 478 g/mol. The molecule has 1 aromatic carbocycles. The lowest BCUT2D eigenvalue weighted by molar-refractivity contribution is 0.0342. The Morgan fingerprint density at radius 3 is 2.68 bits per heavy atom. The zero-order valence-corrected chi connectivity index (χ0v) is 22.1. The van der Waals surface area contributed by atoms with Gasteiger partial charge in [-0.05, 0) is 50.3 Å². The van der Waals surface area contributed by atoms with Crippen LogP contribution in [0.5, 0.6) is 0 Å². The van der Waals surface area contributed by atoms with Crippen LogP contribution in [0.1, 0.15) is 49.8 Å². The van der Waals surface area contributed by atoms with Crippen LogP contribution in [0.15, 0.2) is 24.3 Å². The zero-order chi connectivity index (χ0) is 25.9. The molecule has 200 valence electrons. The second-order valence-electron chi connectivity index (χ2n) is 10.9. The first-order chi connectivity index (χ1) is 18.6. The first kappa shape index (κ1) is 25.0. The summed E-state index contributed by atoms with van der Waals surface area (Å²) in [5.74, 6) is 2.16. The Labute approximate surface area is 223 Å². The molecule has 0 radical (unpaired) electrons. The molecule has 0 saturated carbocycles. The van der Waals surface area contributed by atoms with Crippen LogP contribution < -0.4 is 10.6 Å². The minimum absolute atomic E-state index is 0.318. The molecule has 3 aliphatic heterocycles. The highest BCUT2D eigenvalue weighted by Gasteiger charge is 2.38. The largest absolute Gasteiger partial charge is 0.379 e. The average molecular weight is 516 g/mol. The Hall–Kier alpha value is -3.26. The monoisotopic (exact) mass is 515 g/mol. The van der Waals surface area contributed by atoms with Gasteiger partial charge < -0.3 is 15.4 Å². The lowest BCUT2D eigenvalue weighted by Crippen LogP contribution is -2.55. The zero-order valence-electron chi connectivity index (χ0n) is 22.1. The fraction of sp³-hybridized carbons (Fsp3) is 0.571. The van der Waals surface area contributed by atoms with Crippen LogP contribution >= 0.6 is 0 Å². The lowest BCUT2D eigenvalue weighted by atomic mass is 9.81. The van der Waals surface area contributed by atoms with Crippen LogP contribution in [-0.2, 0) is 11.3 Å². The summed E-state index contributed by atoms with van der Waals surface area (Å²) in [5.41, 5.74) is 3.16. The third-order valence-corrected chi connectivity index (χ3v) is 8.16. The van der Waals surface area contributed by atoms with E-state index < -0.39 is 0 Å². The highest BCUT2D eigenvalue weighted by Crippen LogP contribution is 2.35. The van der Waals surface area contributed by atoms with Crippen LogP contribution in [0.3, 0.4) is 0 Å². The maximum atomic E-state index is 9.11. The maximum Gasteiger partial charge on any atom is 0.225 e. The first-order valence-electron chi connectivity index (χ1n) is 13.9. The molecule has 38 heavy (non-hydrogen) atoms. The van der Waals surface area contributed by atoms with Gasteiger partial charge in [0.15, 0.2) is 5.82 Å². The van der Waals surface area contributed by atoms with Gasteiger partial charge in [0.25, 0.3) is 0 Å². The molecule has 3 aliphatic rings. The van der Waals surface area contributed by atoms with Crippen molar-refractivity contribution in [2.75, 3.05) is 43.5 Å². The number of morpholine rings is 1. The molecule has 2 unspecified atom stereocenters. The Bertz CT molecular complexity index is 1280. The van der Waals surface area contributed by atoms with Gasteiger partial charge >= 0.3 is 0 Å². The minimum Gasteiger partial charge on any atom is -0.379 e. The van der Waals surface area contributed by atoms with E-state index >= 15 is 0 Å². The Balaban J connectivity index is 1.26. The van der Waals surface area contributed by atoms with Crippen molar-refractivity contribution in [2.24, 2.45) is 0 Å². The van der Waals surface area contributed by atoms with Gasteiger partial charge in [0.1, 0.15) is 5.82 Å². The topological polar surface area (TPSA) is 118 Å². The van der Waals surface area contributed by atoms with Crippen molar-refractivity contribution in [3.05, 3.63) is 35.5 Å². The number of piperidine rings is 2. The quantitative estimate of drug-likeness (QED) is 0.410. The molecule has 3 saturated heterocycles. The third-order valence-electron chi connectivity index (χ3n) is 8.16. The summed E-state index contributed by atoms with van der Waals surface area (Å²) in [4.78, 5) is 14.9. The minimum atomic E-state index is 0.318. The molecule has 2 atom stereocenters. The van der Waals surface area contributed by atoms with E-state index in [1.807, 2.05) is 13.0 Å². The molecule has 3 fully saturated rings. The van der Waals surface area contributed by atoms with Gasteiger partial charge in [0, 0.05) is 67.9 Å². The third kappa shape index (κ3) is 5.60. The van der Waals surface area contributed by atoms with E-state index in [0.29, 0.717) is 30.5 Å². The Morgan fingerprint density at radius 2 is 1.95 bits per heavy atom. The molecule has 5 heterocycles. The summed E-state index contributed by atoms with van der Waals surface area (Å²) in [7, 11) is 0. The second-order valence-corrected chi connectivity index (χ2v) is 10.9. The van der Waals surface area contributed by atoms with E-state index in [-0.39, 0.29) is 0 Å². The number of ether oxygens (including phenoxy) is 1. The van der Waals surface area contributed by atoms with Crippen molar-refractivity contribution in [3.63, 3.8) is 0 Å². The van der Waals surface area contributed by atoms with Gasteiger partial charge in [-0.2, -0.15) is 15.3 Å². The molecule has 2 aromatic heterocycles. The molecule has 0 amide bonds. The van der Waals surface area contributed by atoms with Crippen LogP contribution in [0, 0.1) is 18.3 Å². The molecule has 3 N–H and O–H groups in total. The van der Waals surface area contributed by atoms with E-state index in [1.165, 1.54) is 24.8 Å². The highest BCUT2D eigenvalue weighted by atomic mass is 16.5. The number of rotatable bonds is 8. The van der Waals surface area contributed by atoms with Crippen LogP contribution in [-0.4, -0.2) is 80.9 Å². The molecule has 0 aliphatic carbocycles. The number of fused-ring (bicyclic) bond motifs is 3. The molecular formula is C28H37N9O. The van der Waals surface area contributed by atoms with E-state index in [1.54, 1.807) is 0 Å². The highest BCUT2D eigenvalue weighted by molar-refractivity contribution is 5.92. The summed E-state index contributed by atoms with van der Waals surface area (Å²) >= 11 is 0. The number of nitrogens with zero attached hydrogens (tertiary/aromatic N) is 6. The molecule has 2 bridgehead atoms. The van der Waals surface area contributed by atoms with E-state index in [4.69, 9.17) is 20.0 Å². The van der Waals surface area contributed by atoms with E-state index in [2.05, 4.69) is 54.9 Å². The van der Waals surface area contributed by atoms with Crippen LogP contribution in [0.25, 0.3) is 10.9 Å². The molecule has 10 heteroatoms. The summed E-state index contributed by atoms with van der Waals surface area (Å²) < 4.78 is 5.52. The van der Waals surface area contributed by atoms with Gasteiger partial charge in [-0.15, -0.1) is 0 Å². The van der Waals surface area contributed by atoms with Crippen molar-refractivity contribution >= 4 is 28.5 Å². The number of hydrogen-bond donors (Lipinski definition) is 3. The van der Waals surface area contributed by atoms with Crippen molar-refractivity contribution in [2.45, 2.75) is 70.1 Å². The van der Waals surface area contributed by atoms with Crippen LogP contribution in [0.2, 0.25) is 0 Å². The van der Waals surface area contributed by atoms with Gasteiger partial charge in [0.05, 0.1) is 24.8 Å². The average Bonchev–Trinajstić information content (AvgIpc) is 3.32. The SMILES string of the molecule is Cc1cc(Nc2nc(NC3CC4CCCC(C3)N4CCC#N)nc3cc(CN4CCOCC4)ccc23)n[nH]1. The van der Waals surface area contributed by atoms with Crippen molar-refractivity contribution in [1.29, 1.82) is 5.26 Å². The standard InChI is InChI=1S/C28H37N9O/c1-19-14-26(35-34-19)32-27-24-7-6-20(18-36-10-12-38-13-11-36)15-25(24)31-28(33-27)30-21-16-22-4-2-5-23(17-21)37(22)9-3-8-29/h6-7,14-15,21-23H,2-5,9-13,16-18H2,1H3,(H3,30,31,32,33,34,35). The van der Waals surface area contributed by atoms with Crippen molar-refractivity contribution < 1.29 is 4.74 Å². The van der Waals surface area contributed by atoms with Gasteiger partial charge in [0.2, 0.25) is 5.95 Å². The van der Waals surface area contributed by atoms with E-state index in [9.17, 15) is 0 Å². The molecule has 6 rings (SSSR count). The number of benzene rings is 1. The number of aromatic nitrogens is 4. The lowest BCUT2D eigenvalue weighted by Gasteiger charge is -2.48. The van der Waals surface area contributed by atoms with Crippen LogP contribution in [0.4, 0.5) is 17.6 Å². The Kier molecular flexibility index (Phi) is 7.40. The number of H-pyrrole nitrogens is 1. The van der Waals surface area contributed by atoms with E-state index in [0.717, 1.165) is 80.5 Å². The second kappa shape index (κ2) is 11.2. The summed E-state index contributed by atoms with van der Waals surface area (Å²) in [6, 6.07) is 12.2. The fourth-order valence-corrected chi connectivity index (χ4v) is 6.38. The number of hydrogen-bond acceptors (Lipinski definition) is 9. The van der Waals surface area contributed by atoms with Gasteiger partial charge in [-0.25, -0.2) is 4.98 Å². The summed E-state index contributed by atoms with van der Waals surface area (Å²) in [6.07, 6.45) is 6.40. The number of anilines is 3. The number of nitrogens with one attached hydrogen (secondary N) is 3. The summed E-state index contributed by atoms with van der Waals surface area (Å²) in [6.45, 7) is 7.24. The number of nitriles is 1. The molecule has 3 aromatic rings. The fourth-order valence-electron chi connectivity index (χ4n) is 6.38. The maximum absolute atomic E-state index is 9.11. The van der Waals surface area contributed by atoms with Crippen molar-refractivity contribution in [3.8, 4) is 6.07 Å². The van der Waals surface area contributed by atoms with Gasteiger partial charge in [-0.3, -0.25) is 14.9 Å². The number of aromatic amines is 1. The predicted molar refractivity (Wildman–Crippen MR) is 147 cm³/mol. The smallest absolute Gasteiger partial charge is 0.225 e. The molecule has 10 nitrogen and oxygen atoms in total.